The zero-order valence-electron chi connectivity index (χ0n) is 12.3. The Bertz CT molecular complexity index is 845. The molecule has 1 heterocycles. The zero-order chi connectivity index (χ0) is 16.2. The van der Waals surface area contributed by atoms with E-state index < -0.39 is 0 Å². The highest BCUT2D eigenvalue weighted by Crippen LogP contribution is 2.22. The Morgan fingerprint density at radius 3 is 2.78 bits per heavy atom. The number of anilines is 1. The van der Waals surface area contributed by atoms with Crippen LogP contribution in [0.25, 0.3) is 11.3 Å². The van der Waals surface area contributed by atoms with Crippen molar-refractivity contribution in [3.05, 3.63) is 66.0 Å². The van der Waals surface area contributed by atoms with Crippen LogP contribution in [0.1, 0.15) is 10.4 Å². The predicted molar refractivity (Wildman–Crippen MR) is 84.9 cm³/mol. The van der Waals surface area contributed by atoms with E-state index in [1.54, 1.807) is 42.5 Å². The molecule has 0 bridgehead atoms. The van der Waals surface area contributed by atoms with Crippen molar-refractivity contribution in [1.82, 2.24) is 10.2 Å². The summed E-state index contributed by atoms with van der Waals surface area (Å²) in [6.45, 7) is 0. The van der Waals surface area contributed by atoms with Crippen LogP contribution in [0.4, 0.5) is 10.2 Å². The van der Waals surface area contributed by atoms with E-state index in [1.165, 1.54) is 19.2 Å². The normalized spacial score (nSPS) is 10.3. The smallest absolute Gasteiger partial charge is 0.260 e. The van der Waals surface area contributed by atoms with Crippen LogP contribution in [0.5, 0.6) is 5.75 Å². The van der Waals surface area contributed by atoms with Crippen LogP contribution >= 0.6 is 0 Å². The summed E-state index contributed by atoms with van der Waals surface area (Å²) >= 11 is 0. The van der Waals surface area contributed by atoms with Gasteiger partial charge in [-0.15, -0.1) is 0 Å². The number of carbonyl (C=O) groups excluding carboxylic acids is 1. The molecule has 0 radical (unpaired) electrons. The summed E-state index contributed by atoms with van der Waals surface area (Å²) in [5, 5.41) is 9.48. The Morgan fingerprint density at radius 2 is 2.00 bits per heavy atom. The number of carbonyl (C=O) groups is 1. The van der Waals surface area contributed by atoms with Crippen molar-refractivity contribution in [1.29, 1.82) is 0 Å². The lowest BCUT2D eigenvalue weighted by Crippen LogP contribution is -2.13. The van der Waals surface area contributed by atoms with E-state index in [0.717, 1.165) is 0 Å². The Kier molecular flexibility index (Phi) is 4.05. The lowest BCUT2D eigenvalue weighted by Gasteiger charge is -2.07. The fourth-order valence-corrected chi connectivity index (χ4v) is 2.21. The number of methoxy groups -OCH3 is 1. The summed E-state index contributed by atoms with van der Waals surface area (Å²) < 4.78 is 18.4. The molecule has 0 spiro atoms. The van der Waals surface area contributed by atoms with Crippen LogP contribution in [-0.2, 0) is 0 Å². The van der Waals surface area contributed by atoms with E-state index in [1.807, 2.05) is 0 Å². The Hall–Kier alpha value is -3.15. The molecule has 0 unspecified atom stereocenters. The van der Waals surface area contributed by atoms with E-state index in [9.17, 15) is 9.18 Å². The van der Waals surface area contributed by atoms with Crippen molar-refractivity contribution < 1.29 is 13.9 Å². The van der Waals surface area contributed by atoms with Gasteiger partial charge in [0, 0.05) is 11.6 Å². The van der Waals surface area contributed by atoms with Gasteiger partial charge in [-0.25, -0.2) is 4.39 Å². The number of ether oxygens (including phenoxy) is 1. The van der Waals surface area contributed by atoms with E-state index in [0.29, 0.717) is 28.4 Å². The van der Waals surface area contributed by atoms with Crippen molar-refractivity contribution in [3.8, 4) is 17.0 Å². The Balaban J connectivity index is 1.80. The summed E-state index contributed by atoms with van der Waals surface area (Å²) in [4.78, 5) is 12.3. The Labute approximate surface area is 132 Å². The van der Waals surface area contributed by atoms with Crippen molar-refractivity contribution >= 4 is 11.7 Å². The highest BCUT2D eigenvalue weighted by molar-refractivity contribution is 6.05. The van der Waals surface area contributed by atoms with Gasteiger partial charge in [0.15, 0.2) is 5.82 Å². The topological polar surface area (TPSA) is 67.0 Å². The molecule has 0 fully saturated rings. The van der Waals surface area contributed by atoms with Gasteiger partial charge in [0.25, 0.3) is 5.91 Å². The third-order valence-corrected chi connectivity index (χ3v) is 3.31. The molecule has 3 rings (SSSR count). The number of hydrogen-bond donors (Lipinski definition) is 2. The molecule has 1 amide bonds. The number of amides is 1. The number of nitrogens with one attached hydrogen (secondary N) is 2. The third-order valence-electron chi connectivity index (χ3n) is 3.31. The highest BCUT2D eigenvalue weighted by atomic mass is 19.1. The second kappa shape index (κ2) is 6.31. The van der Waals surface area contributed by atoms with Crippen LogP contribution in [-0.4, -0.2) is 23.2 Å². The maximum atomic E-state index is 13.3. The molecule has 0 saturated heterocycles. The third kappa shape index (κ3) is 3.21. The number of aromatic nitrogens is 2. The number of hydrogen-bond acceptors (Lipinski definition) is 3. The van der Waals surface area contributed by atoms with Gasteiger partial charge in [0.2, 0.25) is 0 Å². The molecule has 1 aromatic heterocycles. The van der Waals surface area contributed by atoms with Crippen molar-refractivity contribution in [2.24, 2.45) is 0 Å². The summed E-state index contributed by atoms with van der Waals surface area (Å²) in [7, 11) is 1.50. The van der Waals surface area contributed by atoms with Gasteiger partial charge < -0.3 is 10.1 Å². The van der Waals surface area contributed by atoms with Gasteiger partial charge in [-0.3, -0.25) is 9.89 Å². The minimum Gasteiger partial charge on any atom is -0.496 e. The fraction of sp³-hybridized carbons (Fsp3) is 0.0588. The van der Waals surface area contributed by atoms with Crippen LogP contribution in [0, 0.1) is 5.82 Å². The summed E-state index contributed by atoms with van der Waals surface area (Å²) in [5.74, 6) is 0.155. The molecule has 0 aliphatic carbocycles. The number of nitrogens with zero attached hydrogens (tertiary/aromatic N) is 1. The van der Waals surface area contributed by atoms with E-state index >= 15 is 0 Å². The highest BCUT2D eigenvalue weighted by Gasteiger charge is 2.13. The number of aromatic amines is 1. The molecule has 2 N–H and O–H groups in total. The molecule has 2 aromatic carbocycles. The van der Waals surface area contributed by atoms with Gasteiger partial charge in [0.1, 0.15) is 11.6 Å². The first-order valence-electron chi connectivity index (χ1n) is 6.93. The maximum Gasteiger partial charge on any atom is 0.260 e. The molecule has 0 aliphatic rings. The number of para-hydroxylation sites is 1. The van der Waals surface area contributed by atoms with Gasteiger partial charge in [-0.05, 0) is 24.3 Å². The molecule has 5 nitrogen and oxygen atoms in total. The zero-order valence-corrected chi connectivity index (χ0v) is 12.3. The number of halogens is 1. The molecule has 0 atom stereocenters. The molecule has 116 valence electrons. The van der Waals surface area contributed by atoms with Gasteiger partial charge >= 0.3 is 0 Å². The largest absolute Gasteiger partial charge is 0.496 e. The molecular formula is C17H14FN3O2. The maximum absolute atomic E-state index is 13.3. The van der Waals surface area contributed by atoms with Crippen LogP contribution in [0.3, 0.4) is 0 Å². The Morgan fingerprint density at radius 1 is 1.17 bits per heavy atom. The van der Waals surface area contributed by atoms with Crippen LogP contribution in [0.2, 0.25) is 0 Å². The summed E-state index contributed by atoms with van der Waals surface area (Å²) in [6.07, 6.45) is 0. The second-order valence-electron chi connectivity index (χ2n) is 4.83. The SMILES string of the molecule is COc1ccccc1C(=O)Nc1cc(-c2cccc(F)c2)[nH]n1. The van der Waals surface area contributed by atoms with E-state index in [4.69, 9.17) is 4.74 Å². The molecule has 0 aliphatic heterocycles. The summed E-state index contributed by atoms with van der Waals surface area (Å²) in [5.41, 5.74) is 1.67. The lowest BCUT2D eigenvalue weighted by molar-refractivity contribution is 0.102. The first kappa shape index (κ1) is 14.8. The van der Waals surface area contributed by atoms with Gasteiger partial charge in [-0.1, -0.05) is 24.3 Å². The average molecular weight is 311 g/mol. The molecule has 6 heteroatoms. The molecule has 3 aromatic rings. The number of rotatable bonds is 4. The minimum absolute atomic E-state index is 0.334. The number of H-pyrrole nitrogens is 1. The quantitative estimate of drug-likeness (QED) is 0.775. The molecular weight excluding hydrogens is 297 g/mol. The lowest BCUT2D eigenvalue weighted by atomic mass is 10.1. The molecule has 0 saturated carbocycles. The fourth-order valence-electron chi connectivity index (χ4n) is 2.21. The van der Waals surface area contributed by atoms with Crippen LogP contribution < -0.4 is 10.1 Å². The van der Waals surface area contributed by atoms with Crippen LogP contribution in [0.15, 0.2) is 54.6 Å². The van der Waals surface area contributed by atoms with E-state index in [2.05, 4.69) is 15.5 Å². The van der Waals surface area contributed by atoms with Gasteiger partial charge in [-0.2, -0.15) is 5.10 Å². The number of benzene rings is 2. The van der Waals surface area contributed by atoms with Crippen molar-refractivity contribution in [3.63, 3.8) is 0 Å². The van der Waals surface area contributed by atoms with Crippen molar-refractivity contribution in [2.75, 3.05) is 12.4 Å². The van der Waals surface area contributed by atoms with E-state index in [-0.39, 0.29) is 11.7 Å². The first-order chi connectivity index (χ1) is 11.2. The minimum atomic E-state index is -0.336. The second-order valence-corrected chi connectivity index (χ2v) is 4.83. The predicted octanol–water partition coefficient (Wildman–Crippen LogP) is 3.48. The monoisotopic (exact) mass is 311 g/mol. The van der Waals surface area contributed by atoms with Crippen molar-refractivity contribution in [2.45, 2.75) is 0 Å². The van der Waals surface area contributed by atoms with Gasteiger partial charge in [0.05, 0.1) is 18.4 Å². The first-order valence-corrected chi connectivity index (χ1v) is 6.93. The molecule has 23 heavy (non-hydrogen) atoms. The summed E-state index contributed by atoms with van der Waals surface area (Å²) in [6, 6.07) is 14.7. The standard InChI is InChI=1S/C17H14FN3O2/c1-23-15-8-3-2-7-13(15)17(22)19-16-10-14(20-21-16)11-5-4-6-12(18)9-11/h2-10H,1H3,(H2,19,20,21,22). The average Bonchev–Trinajstić information content (AvgIpc) is 3.03.